The largest absolute Gasteiger partial charge is 0.502 e. The van der Waals surface area contributed by atoms with Crippen molar-refractivity contribution in [1.29, 1.82) is 0 Å². The molecule has 27 heavy (non-hydrogen) atoms. The number of benzene rings is 1. The number of amides is 2. The summed E-state index contributed by atoms with van der Waals surface area (Å²) in [6.07, 6.45) is 3.70. The standard InChI is InChI=1S/C19H24N2O6/c1-10-15(18(23)27-12-6-4-5-7-12)16(21-19(24)20-10)11-8-13(25-2)17(22)14(9-11)26-3/h8-9,12,15-16,22H,4-7H2,1-3H3,(H,21,24). The van der Waals surface area contributed by atoms with Gasteiger partial charge in [0, 0.05) is 5.71 Å². The Morgan fingerprint density at radius 3 is 2.33 bits per heavy atom. The number of phenols is 1. The zero-order valence-electron chi connectivity index (χ0n) is 15.7. The zero-order valence-corrected chi connectivity index (χ0v) is 15.7. The highest BCUT2D eigenvalue weighted by molar-refractivity contribution is 6.08. The van der Waals surface area contributed by atoms with E-state index < -0.39 is 24.0 Å². The van der Waals surface area contributed by atoms with Crippen molar-refractivity contribution < 1.29 is 28.9 Å². The van der Waals surface area contributed by atoms with Gasteiger partial charge in [0.05, 0.1) is 20.3 Å². The molecule has 1 aliphatic heterocycles. The number of rotatable bonds is 5. The first-order valence-electron chi connectivity index (χ1n) is 8.95. The van der Waals surface area contributed by atoms with Crippen molar-refractivity contribution in [2.75, 3.05) is 14.2 Å². The summed E-state index contributed by atoms with van der Waals surface area (Å²) in [6, 6.07) is 1.90. The van der Waals surface area contributed by atoms with E-state index in [1.807, 2.05) is 0 Å². The molecule has 1 fully saturated rings. The van der Waals surface area contributed by atoms with E-state index in [1.165, 1.54) is 14.2 Å². The number of urea groups is 1. The quantitative estimate of drug-likeness (QED) is 0.766. The molecule has 8 nitrogen and oxygen atoms in total. The molecule has 1 heterocycles. The second kappa shape index (κ2) is 7.85. The van der Waals surface area contributed by atoms with E-state index >= 15 is 0 Å². The predicted octanol–water partition coefficient (Wildman–Crippen LogP) is 2.74. The highest BCUT2D eigenvalue weighted by Crippen LogP contribution is 2.41. The summed E-state index contributed by atoms with van der Waals surface area (Å²) in [5.41, 5.74) is 0.940. The maximum absolute atomic E-state index is 12.9. The Balaban J connectivity index is 1.96. The second-order valence-electron chi connectivity index (χ2n) is 6.78. The van der Waals surface area contributed by atoms with Crippen LogP contribution in [0.3, 0.4) is 0 Å². The number of hydrogen-bond acceptors (Lipinski definition) is 6. The normalized spacial score (nSPS) is 22.8. The topological polar surface area (TPSA) is 106 Å². The van der Waals surface area contributed by atoms with E-state index in [1.54, 1.807) is 19.1 Å². The van der Waals surface area contributed by atoms with Crippen LogP contribution in [-0.2, 0) is 9.53 Å². The number of esters is 1. The summed E-state index contributed by atoms with van der Waals surface area (Å²) in [7, 11) is 2.83. The average molecular weight is 376 g/mol. The number of ether oxygens (including phenoxy) is 3. The molecule has 2 atom stereocenters. The van der Waals surface area contributed by atoms with Gasteiger partial charge in [-0.25, -0.2) is 9.79 Å². The van der Waals surface area contributed by atoms with Gasteiger partial charge >= 0.3 is 12.0 Å². The summed E-state index contributed by atoms with van der Waals surface area (Å²) in [6.45, 7) is 1.64. The van der Waals surface area contributed by atoms with E-state index in [-0.39, 0.29) is 23.4 Å². The molecule has 0 radical (unpaired) electrons. The van der Waals surface area contributed by atoms with Gasteiger partial charge in [-0.3, -0.25) is 4.79 Å². The molecule has 2 N–H and O–H groups in total. The lowest BCUT2D eigenvalue weighted by Gasteiger charge is -2.31. The summed E-state index contributed by atoms with van der Waals surface area (Å²) in [4.78, 5) is 28.7. The Hall–Kier alpha value is -2.77. The summed E-state index contributed by atoms with van der Waals surface area (Å²) in [5, 5.41) is 12.8. The van der Waals surface area contributed by atoms with E-state index in [0.29, 0.717) is 11.3 Å². The third kappa shape index (κ3) is 3.84. The number of methoxy groups -OCH3 is 2. The Bertz CT molecular complexity index is 744. The van der Waals surface area contributed by atoms with Gasteiger partial charge in [-0.05, 0) is 50.3 Å². The van der Waals surface area contributed by atoms with Gasteiger partial charge in [-0.15, -0.1) is 0 Å². The van der Waals surface area contributed by atoms with Crippen LogP contribution in [0.1, 0.15) is 44.2 Å². The maximum atomic E-state index is 12.9. The van der Waals surface area contributed by atoms with Crippen LogP contribution < -0.4 is 14.8 Å². The fraction of sp³-hybridized carbons (Fsp3) is 0.526. The molecule has 8 heteroatoms. The maximum Gasteiger partial charge on any atom is 0.341 e. The monoisotopic (exact) mass is 376 g/mol. The first-order chi connectivity index (χ1) is 12.9. The molecule has 0 bridgehead atoms. The van der Waals surface area contributed by atoms with Crippen LogP contribution in [0.15, 0.2) is 17.1 Å². The molecule has 0 spiro atoms. The van der Waals surface area contributed by atoms with Gasteiger partial charge in [0.25, 0.3) is 0 Å². The van der Waals surface area contributed by atoms with Gasteiger partial charge < -0.3 is 24.6 Å². The fourth-order valence-corrected chi connectivity index (χ4v) is 3.64. The minimum atomic E-state index is -0.762. The lowest BCUT2D eigenvalue weighted by atomic mass is 9.88. The van der Waals surface area contributed by atoms with E-state index in [0.717, 1.165) is 25.7 Å². The number of aromatic hydroxyl groups is 1. The molecule has 146 valence electrons. The molecular weight excluding hydrogens is 352 g/mol. The molecule has 1 aromatic carbocycles. The number of aliphatic imine (C=N–C) groups is 1. The molecule has 1 saturated carbocycles. The first kappa shape index (κ1) is 19.0. The molecule has 2 aliphatic rings. The first-order valence-corrected chi connectivity index (χ1v) is 8.95. The smallest absolute Gasteiger partial charge is 0.341 e. The summed E-state index contributed by atoms with van der Waals surface area (Å²) in [5.74, 6) is -0.967. The van der Waals surface area contributed by atoms with Gasteiger partial charge in [0.1, 0.15) is 12.0 Å². The van der Waals surface area contributed by atoms with Crippen LogP contribution in [-0.4, -0.2) is 43.1 Å². The number of phenolic OH excluding ortho intramolecular Hbond substituents is 1. The van der Waals surface area contributed by atoms with Crippen LogP contribution >= 0.6 is 0 Å². The number of nitrogens with one attached hydrogen (secondary N) is 1. The molecule has 1 aliphatic carbocycles. The van der Waals surface area contributed by atoms with Crippen molar-refractivity contribution >= 4 is 17.7 Å². The molecule has 3 rings (SSSR count). The van der Waals surface area contributed by atoms with Crippen LogP contribution in [0.25, 0.3) is 0 Å². The lowest BCUT2D eigenvalue weighted by molar-refractivity contribution is -0.152. The second-order valence-corrected chi connectivity index (χ2v) is 6.78. The van der Waals surface area contributed by atoms with E-state index in [4.69, 9.17) is 14.2 Å². The van der Waals surface area contributed by atoms with Crippen molar-refractivity contribution in [3.63, 3.8) is 0 Å². The Morgan fingerprint density at radius 1 is 1.19 bits per heavy atom. The van der Waals surface area contributed by atoms with Crippen molar-refractivity contribution in [2.45, 2.75) is 44.8 Å². The third-order valence-corrected chi connectivity index (χ3v) is 5.04. The molecule has 2 unspecified atom stereocenters. The molecule has 0 aromatic heterocycles. The zero-order chi connectivity index (χ0) is 19.6. The van der Waals surface area contributed by atoms with Gasteiger partial charge in [-0.1, -0.05) is 0 Å². The van der Waals surface area contributed by atoms with Crippen molar-refractivity contribution in [3.8, 4) is 17.2 Å². The predicted molar refractivity (Wildman–Crippen MR) is 97.4 cm³/mol. The van der Waals surface area contributed by atoms with Gasteiger partial charge in [0.2, 0.25) is 5.75 Å². The molecular formula is C19H24N2O6. The number of carbonyl (C=O) groups excluding carboxylic acids is 2. The fourth-order valence-electron chi connectivity index (χ4n) is 3.64. The van der Waals surface area contributed by atoms with Gasteiger partial charge in [0.15, 0.2) is 11.5 Å². The van der Waals surface area contributed by atoms with Crippen LogP contribution in [0.4, 0.5) is 4.79 Å². The summed E-state index contributed by atoms with van der Waals surface area (Å²) < 4.78 is 16.0. The Labute approximate surface area is 157 Å². The highest BCUT2D eigenvalue weighted by atomic mass is 16.5. The molecule has 2 amide bonds. The highest BCUT2D eigenvalue weighted by Gasteiger charge is 2.40. The molecule has 0 saturated heterocycles. The SMILES string of the molecule is COc1cc(C2NC(=O)N=C(C)C2C(=O)OC2CCCC2)cc(OC)c1O. The minimum absolute atomic E-state index is 0.0903. The molecule has 1 aromatic rings. The Morgan fingerprint density at radius 2 is 1.78 bits per heavy atom. The van der Waals surface area contributed by atoms with Crippen LogP contribution in [0.2, 0.25) is 0 Å². The number of hydrogen-bond donors (Lipinski definition) is 2. The average Bonchev–Trinajstić information content (AvgIpc) is 3.14. The number of carbonyl (C=O) groups is 2. The van der Waals surface area contributed by atoms with Crippen LogP contribution in [0.5, 0.6) is 17.2 Å². The van der Waals surface area contributed by atoms with E-state index in [9.17, 15) is 14.7 Å². The number of nitrogens with zero attached hydrogens (tertiary/aromatic N) is 1. The third-order valence-electron chi connectivity index (χ3n) is 5.04. The van der Waals surface area contributed by atoms with Crippen molar-refractivity contribution in [1.82, 2.24) is 5.32 Å². The van der Waals surface area contributed by atoms with Crippen LogP contribution in [0, 0.1) is 5.92 Å². The van der Waals surface area contributed by atoms with Crippen molar-refractivity contribution in [2.24, 2.45) is 10.9 Å². The van der Waals surface area contributed by atoms with E-state index in [2.05, 4.69) is 10.3 Å². The Kier molecular flexibility index (Phi) is 5.53. The minimum Gasteiger partial charge on any atom is -0.502 e. The lowest BCUT2D eigenvalue weighted by Crippen LogP contribution is -2.44. The summed E-state index contributed by atoms with van der Waals surface area (Å²) >= 11 is 0. The van der Waals surface area contributed by atoms with Gasteiger partial charge in [-0.2, -0.15) is 0 Å². The van der Waals surface area contributed by atoms with Crippen molar-refractivity contribution in [3.05, 3.63) is 17.7 Å².